The Kier molecular flexibility index (Phi) is 10.8. The number of hydrogen-bond donors (Lipinski definition) is 1. The third kappa shape index (κ3) is 9.25. The molecule has 12 nitrogen and oxygen atoms in total. The first kappa shape index (κ1) is 37.1. The smallest absolute Gasteiger partial charge is 0.443 e. The van der Waals surface area contributed by atoms with Gasteiger partial charge in [-0.1, -0.05) is 44.0 Å². The van der Waals surface area contributed by atoms with E-state index in [0.717, 1.165) is 16.6 Å². The molecule has 1 fully saturated rings. The van der Waals surface area contributed by atoms with Crippen LogP contribution in [0.4, 0.5) is 26.1 Å². The predicted octanol–water partition coefficient (Wildman–Crippen LogP) is 9.25. The van der Waals surface area contributed by atoms with Gasteiger partial charge in [-0.25, -0.2) is 19.4 Å². The molecule has 1 saturated carbocycles. The van der Waals surface area contributed by atoms with Crippen molar-refractivity contribution in [1.82, 2.24) is 15.0 Å². The van der Waals surface area contributed by atoms with Crippen LogP contribution in [-0.2, 0) is 18.9 Å². The van der Waals surface area contributed by atoms with Gasteiger partial charge in [0.1, 0.15) is 38.9 Å². The summed E-state index contributed by atoms with van der Waals surface area (Å²) < 4.78 is 23.5. The Hall–Kier alpha value is -3.71. The number of benzene rings is 1. The number of rotatable bonds is 6. The summed E-state index contributed by atoms with van der Waals surface area (Å²) in [4.78, 5) is 54.4. The van der Waals surface area contributed by atoms with E-state index in [1.807, 2.05) is 31.2 Å². The minimum atomic E-state index is -1.04. The molecule has 0 aliphatic heterocycles. The molecule has 262 valence electrons. The highest BCUT2D eigenvalue weighted by Gasteiger charge is 2.44. The fraction of sp³-hybridized carbons (Fsp3) is 0.588. The van der Waals surface area contributed by atoms with Gasteiger partial charge in [0.15, 0.2) is 0 Å². The number of aromatic nitrogens is 3. The number of amides is 2. The van der Waals surface area contributed by atoms with E-state index >= 15 is 0 Å². The minimum absolute atomic E-state index is 0.0253. The molecule has 1 aliphatic rings. The molecule has 14 heteroatoms. The maximum atomic E-state index is 13.5. The van der Waals surface area contributed by atoms with Crippen LogP contribution in [0.5, 0.6) is 0 Å². The number of ether oxygens (including phenoxy) is 4. The molecule has 2 amide bonds. The van der Waals surface area contributed by atoms with Crippen molar-refractivity contribution in [1.29, 1.82) is 0 Å². The molecule has 3 aromatic rings. The number of imide groups is 1. The van der Waals surface area contributed by atoms with Gasteiger partial charge in [-0.05, 0) is 92.7 Å². The van der Waals surface area contributed by atoms with Gasteiger partial charge in [0, 0.05) is 0 Å². The van der Waals surface area contributed by atoms with Crippen molar-refractivity contribution >= 4 is 63.3 Å². The zero-order valence-electron chi connectivity index (χ0n) is 29.5. The van der Waals surface area contributed by atoms with Crippen LogP contribution in [0, 0.1) is 11.8 Å². The van der Waals surface area contributed by atoms with Gasteiger partial charge in [0.2, 0.25) is 5.95 Å². The van der Waals surface area contributed by atoms with E-state index < -0.39 is 47.3 Å². The van der Waals surface area contributed by atoms with Crippen LogP contribution in [-0.4, -0.2) is 62.2 Å². The normalized spacial score (nSPS) is 19.9. The van der Waals surface area contributed by atoms with E-state index in [1.165, 1.54) is 11.3 Å². The first-order chi connectivity index (χ1) is 22.2. The highest BCUT2D eigenvalue weighted by molar-refractivity contribution is 7.21. The summed E-state index contributed by atoms with van der Waals surface area (Å²) in [6, 6.07) is 7.17. The maximum Gasteiger partial charge on any atom is 0.509 e. The lowest BCUT2D eigenvalue weighted by Crippen LogP contribution is -2.45. The molecule has 1 unspecified atom stereocenters. The molecule has 4 rings (SSSR count). The standard InChI is InChI=1S/C34H46ClN5O7S/c1-12-19-17-21(24(18(19)2)44-31(43)47-34(9,10)11)36-26-23(27-37-20-15-13-14-16-22(20)48-27)25(35)38-28(39-26)40(29(41)45-32(3,4)5)30(42)46-33(6,7)8/h13-16,18-19,21,24H,12,17H2,1-11H3,(H,36,38,39)/t18-,19+,21-,24?/m1/s1. The Labute approximate surface area is 290 Å². The Morgan fingerprint density at radius 2 is 1.50 bits per heavy atom. The molecule has 4 atom stereocenters. The number of nitrogens with zero attached hydrogens (tertiary/aromatic N) is 4. The number of anilines is 2. The number of carbonyl (C=O) groups is 3. The number of carbonyl (C=O) groups excluding carboxylic acids is 3. The van der Waals surface area contributed by atoms with E-state index in [4.69, 9.17) is 40.5 Å². The van der Waals surface area contributed by atoms with Crippen LogP contribution in [0.3, 0.4) is 0 Å². The van der Waals surface area contributed by atoms with Crippen molar-refractivity contribution in [2.45, 2.75) is 118 Å². The van der Waals surface area contributed by atoms with Crippen molar-refractivity contribution < 1.29 is 33.3 Å². The lowest BCUT2D eigenvalue weighted by molar-refractivity contribution is -0.0366. The average Bonchev–Trinajstić information content (AvgIpc) is 3.46. The lowest BCUT2D eigenvalue weighted by atomic mass is 9.95. The molecule has 2 aromatic heterocycles. The van der Waals surface area contributed by atoms with Crippen LogP contribution in [0.1, 0.15) is 89.0 Å². The largest absolute Gasteiger partial charge is 0.509 e. The second-order valence-electron chi connectivity index (χ2n) is 14.9. The summed E-state index contributed by atoms with van der Waals surface area (Å²) in [5, 5.41) is 3.89. The third-order valence-corrected chi connectivity index (χ3v) is 8.72. The molecular weight excluding hydrogens is 658 g/mol. The highest BCUT2D eigenvalue weighted by atomic mass is 35.5. The van der Waals surface area contributed by atoms with Crippen LogP contribution in [0.15, 0.2) is 24.3 Å². The summed E-state index contributed by atoms with van der Waals surface area (Å²) in [6.07, 6.45) is -1.99. The van der Waals surface area contributed by atoms with Gasteiger partial charge in [0.05, 0.1) is 21.8 Å². The van der Waals surface area contributed by atoms with E-state index in [1.54, 1.807) is 62.3 Å². The first-order valence-electron chi connectivity index (χ1n) is 16.0. The summed E-state index contributed by atoms with van der Waals surface area (Å²) in [5.74, 6) is 0.00633. The van der Waals surface area contributed by atoms with Crippen molar-refractivity contribution in [2.24, 2.45) is 11.8 Å². The van der Waals surface area contributed by atoms with Gasteiger partial charge in [-0.3, -0.25) is 0 Å². The lowest BCUT2D eigenvalue weighted by Gasteiger charge is -2.29. The number of halogens is 1. The van der Waals surface area contributed by atoms with E-state index in [-0.39, 0.29) is 28.8 Å². The monoisotopic (exact) mass is 703 g/mol. The van der Waals surface area contributed by atoms with Crippen LogP contribution >= 0.6 is 22.9 Å². The third-order valence-electron chi connectivity index (χ3n) is 7.40. The zero-order valence-corrected chi connectivity index (χ0v) is 31.0. The van der Waals surface area contributed by atoms with Gasteiger partial charge in [-0.2, -0.15) is 9.97 Å². The highest BCUT2D eigenvalue weighted by Crippen LogP contribution is 2.43. The zero-order chi connectivity index (χ0) is 35.8. The molecule has 0 bridgehead atoms. The minimum Gasteiger partial charge on any atom is -0.443 e. The topological polar surface area (TPSA) is 142 Å². The van der Waals surface area contributed by atoms with Crippen LogP contribution < -0.4 is 10.2 Å². The predicted molar refractivity (Wildman–Crippen MR) is 187 cm³/mol. The summed E-state index contributed by atoms with van der Waals surface area (Å²) >= 11 is 8.30. The van der Waals surface area contributed by atoms with Crippen molar-refractivity contribution in [2.75, 3.05) is 10.2 Å². The number of para-hydroxylation sites is 1. The molecule has 48 heavy (non-hydrogen) atoms. The van der Waals surface area contributed by atoms with Crippen LogP contribution in [0.25, 0.3) is 20.8 Å². The van der Waals surface area contributed by atoms with E-state index in [9.17, 15) is 14.4 Å². The first-order valence-corrected chi connectivity index (χ1v) is 17.2. The van der Waals surface area contributed by atoms with Crippen molar-refractivity contribution in [3.05, 3.63) is 29.4 Å². The number of fused-ring (bicyclic) bond motifs is 1. The summed E-state index contributed by atoms with van der Waals surface area (Å²) in [7, 11) is 0. The fourth-order valence-electron chi connectivity index (χ4n) is 5.39. The second-order valence-corrected chi connectivity index (χ2v) is 16.3. The van der Waals surface area contributed by atoms with Gasteiger partial charge >= 0.3 is 18.3 Å². The molecule has 1 aliphatic carbocycles. The number of nitrogens with one attached hydrogen (secondary N) is 1. The molecular formula is C34H46ClN5O7S. The van der Waals surface area contributed by atoms with Crippen LogP contribution in [0.2, 0.25) is 5.15 Å². The Bertz CT molecular complexity index is 1600. The van der Waals surface area contributed by atoms with E-state index in [2.05, 4.69) is 17.2 Å². The number of thiazole rings is 1. The second kappa shape index (κ2) is 14.0. The Balaban J connectivity index is 1.86. The quantitative estimate of drug-likeness (QED) is 0.149. The van der Waals surface area contributed by atoms with Gasteiger partial charge in [-0.15, -0.1) is 16.2 Å². The SMILES string of the molecule is CC[C@H]1C[C@@H](Nc2nc(N(C(=O)OC(C)(C)C)C(=O)OC(C)(C)C)nc(Cl)c2-c2nc3ccccc3s2)C(OC(=O)OC(C)(C)C)[C@@H]1C. The molecule has 0 spiro atoms. The summed E-state index contributed by atoms with van der Waals surface area (Å²) in [5.41, 5.74) is -1.54. The van der Waals surface area contributed by atoms with Crippen molar-refractivity contribution in [3.8, 4) is 10.6 Å². The molecule has 1 aromatic carbocycles. The van der Waals surface area contributed by atoms with E-state index in [0.29, 0.717) is 21.9 Å². The summed E-state index contributed by atoms with van der Waals surface area (Å²) in [6.45, 7) is 19.5. The molecule has 0 radical (unpaired) electrons. The maximum absolute atomic E-state index is 13.5. The number of hydrogen-bond acceptors (Lipinski definition) is 12. The van der Waals surface area contributed by atoms with Gasteiger partial charge in [0.25, 0.3) is 0 Å². The average molecular weight is 704 g/mol. The Morgan fingerprint density at radius 1 is 0.917 bits per heavy atom. The molecule has 0 saturated heterocycles. The molecule has 2 heterocycles. The van der Waals surface area contributed by atoms with Crippen molar-refractivity contribution in [3.63, 3.8) is 0 Å². The van der Waals surface area contributed by atoms with Gasteiger partial charge < -0.3 is 24.3 Å². The Morgan fingerprint density at radius 3 is 2.04 bits per heavy atom. The molecule has 1 N–H and O–H groups in total. The fourth-order valence-corrected chi connectivity index (χ4v) is 6.71.